The van der Waals surface area contributed by atoms with E-state index in [1.165, 1.54) is 5.56 Å². The molecular formula is C22H25N3O. The minimum absolute atomic E-state index is 0.0851. The second-order valence-corrected chi connectivity index (χ2v) is 7.78. The first kappa shape index (κ1) is 18.1. The highest BCUT2D eigenvalue weighted by Gasteiger charge is 2.16. The summed E-state index contributed by atoms with van der Waals surface area (Å²) in [5.41, 5.74) is 4.52. The standard InChI is InChI=1S/C22H25N3O/c1-14-6-7-17(13-23-14)15(2)24-21(26)20-10-8-16-12-18(22(3,4)5)9-11-19(16)25-20/h6-13,15H,1-5H3,(H,24,26). The van der Waals surface area contributed by atoms with Crippen molar-refractivity contribution in [3.8, 4) is 0 Å². The summed E-state index contributed by atoms with van der Waals surface area (Å²) in [5.74, 6) is -0.181. The van der Waals surface area contributed by atoms with Gasteiger partial charge in [-0.1, -0.05) is 39.0 Å². The van der Waals surface area contributed by atoms with Gasteiger partial charge < -0.3 is 5.32 Å². The van der Waals surface area contributed by atoms with E-state index in [9.17, 15) is 4.79 Å². The largest absolute Gasteiger partial charge is 0.344 e. The Morgan fingerprint density at radius 1 is 1.08 bits per heavy atom. The molecule has 0 radical (unpaired) electrons. The number of nitrogens with zero attached hydrogens (tertiary/aromatic N) is 2. The summed E-state index contributed by atoms with van der Waals surface area (Å²) in [4.78, 5) is 21.4. The third kappa shape index (κ3) is 3.90. The summed E-state index contributed by atoms with van der Waals surface area (Å²) in [6.07, 6.45) is 1.79. The molecule has 1 aromatic carbocycles. The molecular weight excluding hydrogens is 322 g/mol. The van der Waals surface area contributed by atoms with Gasteiger partial charge in [-0.2, -0.15) is 0 Å². The number of hydrogen-bond acceptors (Lipinski definition) is 3. The van der Waals surface area contributed by atoms with E-state index < -0.39 is 0 Å². The summed E-state index contributed by atoms with van der Waals surface area (Å²) >= 11 is 0. The molecule has 0 saturated carbocycles. The lowest BCUT2D eigenvalue weighted by atomic mass is 9.86. The van der Waals surface area contributed by atoms with Crippen LogP contribution in [0.15, 0.2) is 48.7 Å². The lowest BCUT2D eigenvalue weighted by Gasteiger charge is -2.19. The third-order valence-electron chi connectivity index (χ3n) is 4.57. The van der Waals surface area contributed by atoms with Gasteiger partial charge in [-0.05, 0) is 54.7 Å². The van der Waals surface area contributed by atoms with Crippen LogP contribution in [0, 0.1) is 6.92 Å². The van der Waals surface area contributed by atoms with Gasteiger partial charge in [0, 0.05) is 17.3 Å². The Kier molecular flexibility index (Phi) is 4.77. The van der Waals surface area contributed by atoms with E-state index in [4.69, 9.17) is 0 Å². The van der Waals surface area contributed by atoms with Crippen molar-refractivity contribution in [2.75, 3.05) is 0 Å². The average molecular weight is 347 g/mol. The van der Waals surface area contributed by atoms with Crippen molar-refractivity contribution in [1.29, 1.82) is 0 Å². The van der Waals surface area contributed by atoms with Crippen LogP contribution in [-0.4, -0.2) is 15.9 Å². The van der Waals surface area contributed by atoms with E-state index in [-0.39, 0.29) is 17.4 Å². The second-order valence-electron chi connectivity index (χ2n) is 7.78. The molecule has 2 heterocycles. The highest BCUT2D eigenvalue weighted by atomic mass is 16.1. The SMILES string of the molecule is Cc1ccc(C(C)NC(=O)c2ccc3cc(C(C)(C)C)ccc3n2)cn1. The molecule has 1 N–H and O–H groups in total. The molecule has 0 aliphatic heterocycles. The van der Waals surface area contributed by atoms with E-state index in [1.807, 2.05) is 38.1 Å². The average Bonchev–Trinajstić information content (AvgIpc) is 2.60. The summed E-state index contributed by atoms with van der Waals surface area (Å²) in [5, 5.41) is 4.04. The maximum atomic E-state index is 12.6. The maximum absolute atomic E-state index is 12.6. The van der Waals surface area contributed by atoms with Gasteiger partial charge in [-0.3, -0.25) is 9.78 Å². The van der Waals surface area contributed by atoms with Crippen LogP contribution in [-0.2, 0) is 5.41 Å². The van der Waals surface area contributed by atoms with Crippen molar-refractivity contribution in [2.24, 2.45) is 0 Å². The van der Waals surface area contributed by atoms with Crippen molar-refractivity contribution in [2.45, 2.75) is 46.1 Å². The lowest BCUT2D eigenvalue weighted by Crippen LogP contribution is -2.27. The van der Waals surface area contributed by atoms with E-state index in [0.29, 0.717) is 5.69 Å². The van der Waals surface area contributed by atoms with Crippen LogP contribution < -0.4 is 5.32 Å². The molecule has 2 aromatic heterocycles. The summed E-state index contributed by atoms with van der Waals surface area (Å²) in [6, 6.07) is 13.8. The summed E-state index contributed by atoms with van der Waals surface area (Å²) in [7, 11) is 0. The van der Waals surface area contributed by atoms with E-state index in [0.717, 1.165) is 22.2 Å². The molecule has 0 bridgehead atoms. The lowest BCUT2D eigenvalue weighted by molar-refractivity contribution is 0.0935. The maximum Gasteiger partial charge on any atom is 0.270 e. The Hall–Kier alpha value is -2.75. The number of benzene rings is 1. The van der Waals surface area contributed by atoms with Crippen LogP contribution in [0.1, 0.15) is 61.0 Å². The number of carbonyl (C=O) groups is 1. The van der Waals surface area contributed by atoms with Crippen molar-refractivity contribution >= 4 is 16.8 Å². The predicted octanol–water partition coefficient (Wildman–Crippen LogP) is 4.73. The molecule has 1 unspecified atom stereocenters. The molecule has 26 heavy (non-hydrogen) atoms. The highest BCUT2D eigenvalue weighted by molar-refractivity contribution is 5.95. The minimum Gasteiger partial charge on any atom is -0.344 e. The van der Waals surface area contributed by atoms with Crippen LogP contribution in [0.5, 0.6) is 0 Å². The van der Waals surface area contributed by atoms with Crippen LogP contribution >= 0.6 is 0 Å². The second kappa shape index (κ2) is 6.87. The fraction of sp³-hybridized carbons (Fsp3) is 0.318. The third-order valence-corrected chi connectivity index (χ3v) is 4.57. The fourth-order valence-corrected chi connectivity index (χ4v) is 2.81. The van der Waals surface area contributed by atoms with Crippen molar-refractivity contribution in [1.82, 2.24) is 15.3 Å². The zero-order valence-electron chi connectivity index (χ0n) is 16.0. The zero-order chi connectivity index (χ0) is 18.9. The Balaban J connectivity index is 1.81. The molecule has 1 amide bonds. The first-order chi connectivity index (χ1) is 12.2. The molecule has 4 heteroatoms. The van der Waals surface area contributed by atoms with Gasteiger partial charge in [0.05, 0.1) is 11.6 Å². The van der Waals surface area contributed by atoms with Crippen LogP contribution in [0.2, 0.25) is 0 Å². The number of aryl methyl sites for hydroxylation is 1. The van der Waals surface area contributed by atoms with Crippen molar-refractivity contribution in [3.05, 3.63) is 71.2 Å². The number of fused-ring (bicyclic) bond motifs is 1. The topological polar surface area (TPSA) is 54.9 Å². The van der Waals surface area contributed by atoms with E-state index in [1.54, 1.807) is 12.3 Å². The number of pyridine rings is 2. The van der Waals surface area contributed by atoms with Crippen LogP contribution in [0.3, 0.4) is 0 Å². The Labute approximate surface area is 154 Å². The van der Waals surface area contributed by atoms with E-state index in [2.05, 4.69) is 48.2 Å². The summed E-state index contributed by atoms with van der Waals surface area (Å²) in [6.45, 7) is 10.4. The van der Waals surface area contributed by atoms with Gasteiger partial charge in [0.1, 0.15) is 5.69 Å². The molecule has 0 aliphatic carbocycles. The molecule has 0 saturated heterocycles. The summed E-state index contributed by atoms with van der Waals surface area (Å²) < 4.78 is 0. The molecule has 0 aliphatic rings. The first-order valence-electron chi connectivity index (χ1n) is 8.89. The van der Waals surface area contributed by atoms with Gasteiger partial charge in [0.2, 0.25) is 0 Å². The molecule has 3 aromatic rings. The van der Waals surface area contributed by atoms with E-state index >= 15 is 0 Å². The minimum atomic E-state index is -0.181. The molecule has 3 rings (SSSR count). The highest BCUT2D eigenvalue weighted by Crippen LogP contribution is 2.25. The quantitative estimate of drug-likeness (QED) is 0.745. The van der Waals surface area contributed by atoms with Gasteiger partial charge >= 0.3 is 0 Å². The number of nitrogens with one attached hydrogen (secondary N) is 1. The number of carbonyl (C=O) groups excluding carboxylic acids is 1. The Morgan fingerprint density at radius 3 is 2.50 bits per heavy atom. The van der Waals surface area contributed by atoms with Gasteiger partial charge in [-0.15, -0.1) is 0 Å². The van der Waals surface area contributed by atoms with Gasteiger partial charge in [0.25, 0.3) is 5.91 Å². The molecule has 1 atom stereocenters. The van der Waals surface area contributed by atoms with Crippen LogP contribution in [0.25, 0.3) is 10.9 Å². The monoisotopic (exact) mass is 347 g/mol. The number of amides is 1. The Morgan fingerprint density at radius 2 is 1.85 bits per heavy atom. The first-order valence-corrected chi connectivity index (χ1v) is 8.89. The normalized spacial score (nSPS) is 12.8. The molecule has 0 fully saturated rings. The van der Waals surface area contributed by atoms with Crippen molar-refractivity contribution < 1.29 is 4.79 Å². The van der Waals surface area contributed by atoms with Crippen LogP contribution in [0.4, 0.5) is 0 Å². The number of rotatable bonds is 3. The van der Waals surface area contributed by atoms with Gasteiger partial charge in [0.15, 0.2) is 0 Å². The van der Waals surface area contributed by atoms with Crippen molar-refractivity contribution in [3.63, 3.8) is 0 Å². The number of hydrogen-bond donors (Lipinski definition) is 1. The smallest absolute Gasteiger partial charge is 0.270 e. The zero-order valence-corrected chi connectivity index (χ0v) is 16.0. The van der Waals surface area contributed by atoms with Gasteiger partial charge in [-0.25, -0.2) is 4.98 Å². The Bertz CT molecular complexity index is 940. The predicted molar refractivity (Wildman–Crippen MR) is 105 cm³/mol. The molecule has 134 valence electrons. The molecule has 0 spiro atoms. The number of aromatic nitrogens is 2. The molecule has 4 nitrogen and oxygen atoms in total. The fourth-order valence-electron chi connectivity index (χ4n) is 2.81.